The molecule has 58 valence electrons. The highest BCUT2D eigenvalue weighted by Crippen LogP contribution is 1.68. The second-order valence-electron chi connectivity index (χ2n) is 1.81. The van der Waals surface area contributed by atoms with E-state index in [0.29, 0.717) is 13.1 Å². The molecule has 0 spiro atoms. The Bertz CT molecular complexity index is 121. The van der Waals surface area contributed by atoms with E-state index in [-0.39, 0.29) is 6.03 Å². The van der Waals surface area contributed by atoms with Crippen LogP contribution in [0, 0.1) is 0 Å². The highest BCUT2D eigenvalue weighted by molar-refractivity contribution is 5.73. The number of urea groups is 1. The quantitative estimate of drug-likeness (QED) is 0.564. The predicted octanol–water partition coefficient (Wildman–Crippen LogP) is 0.882. The first kappa shape index (κ1) is 9.01. The summed E-state index contributed by atoms with van der Waals surface area (Å²) in [6.45, 7) is 5.07. The van der Waals surface area contributed by atoms with E-state index in [1.54, 1.807) is 0 Å². The molecule has 0 fully saturated rings. The van der Waals surface area contributed by atoms with Gasteiger partial charge in [0.05, 0.1) is 0 Å². The van der Waals surface area contributed by atoms with E-state index >= 15 is 0 Å². The molecule has 0 atom stereocenters. The second kappa shape index (κ2) is 6.13. The molecule has 0 aromatic carbocycles. The molecule has 0 aliphatic carbocycles. The summed E-state index contributed by atoms with van der Waals surface area (Å²) in [7, 11) is 0. The van der Waals surface area contributed by atoms with Crippen molar-refractivity contribution in [1.29, 1.82) is 0 Å². The Kier molecular flexibility index (Phi) is 5.53. The van der Waals surface area contributed by atoms with Crippen LogP contribution >= 0.6 is 0 Å². The molecule has 3 heteroatoms. The Morgan fingerprint density at radius 2 is 2.20 bits per heavy atom. The lowest BCUT2D eigenvalue weighted by molar-refractivity contribution is 0.242. The lowest BCUT2D eigenvalue weighted by Gasteiger charge is -2.00. The fourth-order valence-corrected chi connectivity index (χ4v) is 0.493. The molecule has 0 bridgehead atoms. The second-order valence-corrected chi connectivity index (χ2v) is 1.81. The highest BCUT2D eigenvalue weighted by atomic mass is 16.2. The summed E-state index contributed by atoms with van der Waals surface area (Å²) in [5.41, 5.74) is 0. The first-order chi connectivity index (χ1) is 4.81. The Morgan fingerprint density at radius 3 is 2.70 bits per heavy atom. The normalized spacial score (nSPS) is 9.80. The zero-order valence-electron chi connectivity index (χ0n) is 6.48. The summed E-state index contributed by atoms with van der Waals surface area (Å²) >= 11 is 0. The van der Waals surface area contributed by atoms with Crippen molar-refractivity contribution in [3.05, 3.63) is 12.2 Å². The largest absolute Gasteiger partial charge is 0.338 e. The molecule has 2 amide bonds. The zero-order chi connectivity index (χ0) is 7.82. The standard InChI is InChI=1S/C7H14N2O/c1-3-5-6-9-7(10)8-4-2/h3,5H,4,6H2,1-2H3,(H2,8,9,10)/b5-3-. The average Bonchev–Trinajstić information content (AvgIpc) is 1.89. The minimum absolute atomic E-state index is 0.111. The zero-order valence-corrected chi connectivity index (χ0v) is 6.48. The van der Waals surface area contributed by atoms with Gasteiger partial charge in [0.2, 0.25) is 0 Å². The van der Waals surface area contributed by atoms with Crippen LogP contribution in [0.1, 0.15) is 13.8 Å². The van der Waals surface area contributed by atoms with Crippen LogP contribution in [0.4, 0.5) is 4.79 Å². The van der Waals surface area contributed by atoms with Crippen molar-refractivity contribution in [2.24, 2.45) is 0 Å². The molecule has 0 aromatic heterocycles. The number of rotatable bonds is 3. The van der Waals surface area contributed by atoms with Crippen LogP contribution in [0.2, 0.25) is 0 Å². The van der Waals surface area contributed by atoms with Gasteiger partial charge in [0.1, 0.15) is 0 Å². The van der Waals surface area contributed by atoms with Gasteiger partial charge in [0.25, 0.3) is 0 Å². The molecule has 2 N–H and O–H groups in total. The van der Waals surface area contributed by atoms with Crippen molar-refractivity contribution in [3.8, 4) is 0 Å². The minimum atomic E-state index is -0.111. The lowest BCUT2D eigenvalue weighted by Crippen LogP contribution is -2.35. The van der Waals surface area contributed by atoms with Crippen LogP contribution in [-0.2, 0) is 0 Å². The smallest absolute Gasteiger partial charge is 0.315 e. The maximum Gasteiger partial charge on any atom is 0.315 e. The summed E-state index contributed by atoms with van der Waals surface area (Å²) in [6, 6.07) is -0.111. The Hall–Kier alpha value is -0.990. The van der Waals surface area contributed by atoms with Gasteiger partial charge in [-0.1, -0.05) is 12.2 Å². The molecule has 3 nitrogen and oxygen atoms in total. The molecule has 0 unspecified atom stereocenters. The van der Waals surface area contributed by atoms with Crippen LogP contribution in [-0.4, -0.2) is 19.1 Å². The number of hydrogen-bond donors (Lipinski definition) is 2. The summed E-state index contributed by atoms with van der Waals surface area (Å²) < 4.78 is 0. The molecule has 0 saturated heterocycles. The first-order valence-corrected chi connectivity index (χ1v) is 3.44. The van der Waals surface area contributed by atoms with Crippen LogP contribution in [0.3, 0.4) is 0 Å². The van der Waals surface area contributed by atoms with Gasteiger partial charge < -0.3 is 10.6 Å². The van der Waals surface area contributed by atoms with Gasteiger partial charge in [-0.25, -0.2) is 4.79 Å². The van der Waals surface area contributed by atoms with Crippen molar-refractivity contribution in [1.82, 2.24) is 10.6 Å². The van der Waals surface area contributed by atoms with E-state index in [0.717, 1.165) is 0 Å². The molecule has 10 heavy (non-hydrogen) atoms. The van der Waals surface area contributed by atoms with Crippen molar-refractivity contribution < 1.29 is 4.79 Å². The lowest BCUT2D eigenvalue weighted by atomic mass is 10.5. The van der Waals surface area contributed by atoms with Gasteiger partial charge in [0, 0.05) is 13.1 Å². The molecule has 0 aromatic rings. The summed E-state index contributed by atoms with van der Waals surface area (Å²) in [6.07, 6.45) is 3.78. The van der Waals surface area contributed by atoms with E-state index in [2.05, 4.69) is 10.6 Å². The van der Waals surface area contributed by atoms with Gasteiger partial charge in [0.15, 0.2) is 0 Å². The van der Waals surface area contributed by atoms with Crippen LogP contribution in [0.25, 0.3) is 0 Å². The molecule has 0 saturated carbocycles. The highest BCUT2D eigenvalue weighted by Gasteiger charge is 1.91. The van der Waals surface area contributed by atoms with E-state index in [9.17, 15) is 4.79 Å². The first-order valence-electron chi connectivity index (χ1n) is 3.44. The van der Waals surface area contributed by atoms with Crippen molar-refractivity contribution in [2.45, 2.75) is 13.8 Å². The molecule has 0 heterocycles. The Balaban J connectivity index is 3.21. The number of hydrogen-bond acceptors (Lipinski definition) is 1. The van der Waals surface area contributed by atoms with E-state index in [1.807, 2.05) is 26.0 Å². The van der Waals surface area contributed by atoms with Crippen LogP contribution in [0.5, 0.6) is 0 Å². The summed E-state index contributed by atoms with van der Waals surface area (Å²) in [5.74, 6) is 0. The maximum atomic E-state index is 10.7. The van der Waals surface area contributed by atoms with Crippen LogP contribution < -0.4 is 10.6 Å². The average molecular weight is 142 g/mol. The molecule has 0 aliphatic rings. The maximum absolute atomic E-state index is 10.7. The number of carbonyl (C=O) groups is 1. The van der Waals surface area contributed by atoms with E-state index in [1.165, 1.54) is 0 Å². The molecular weight excluding hydrogens is 128 g/mol. The third-order valence-electron chi connectivity index (χ3n) is 0.954. The SMILES string of the molecule is C/C=C\CNC(=O)NCC. The number of amides is 2. The van der Waals surface area contributed by atoms with E-state index in [4.69, 9.17) is 0 Å². The Morgan fingerprint density at radius 1 is 1.50 bits per heavy atom. The topological polar surface area (TPSA) is 41.1 Å². The summed E-state index contributed by atoms with van der Waals surface area (Å²) in [4.78, 5) is 10.7. The third kappa shape index (κ3) is 5.15. The molecule has 0 radical (unpaired) electrons. The molecular formula is C7H14N2O. The minimum Gasteiger partial charge on any atom is -0.338 e. The predicted molar refractivity (Wildman–Crippen MR) is 41.9 cm³/mol. The van der Waals surface area contributed by atoms with Gasteiger partial charge in [-0.15, -0.1) is 0 Å². The molecule has 0 rings (SSSR count). The van der Waals surface area contributed by atoms with Crippen LogP contribution in [0.15, 0.2) is 12.2 Å². The van der Waals surface area contributed by atoms with Gasteiger partial charge in [-0.05, 0) is 13.8 Å². The molecule has 0 aliphatic heterocycles. The Labute approximate surface area is 61.5 Å². The van der Waals surface area contributed by atoms with Crippen molar-refractivity contribution >= 4 is 6.03 Å². The fourth-order valence-electron chi connectivity index (χ4n) is 0.493. The number of nitrogens with one attached hydrogen (secondary N) is 2. The fraction of sp³-hybridized carbons (Fsp3) is 0.571. The van der Waals surface area contributed by atoms with Crippen molar-refractivity contribution in [2.75, 3.05) is 13.1 Å². The van der Waals surface area contributed by atoms with Gasteiger partial charge in [-0.3, -0.25) is 0 Å². The van der Waals surface area contributed by atoms with Gasteiger partial charge >= 0.3 is 6.03 Å². The van der Waals surface area contributed by atoms with Gasteiger partial charge in [-0.2, -0.15) is 0 Å². The number of carbonyl (C=O) groups excluding carboxylic acids is 1. The third-order valence-corrected chi connectivity index (χ3v) is 0.954. The van der Waals surface area contributed by atoms with Crippen molar-refractivity contribution in [3.63, 3.8) is 0 Å². The summed E-state index contributed by atoms with van der Waals surface area (Å²) in [5, 5.41) is 5.27. The monoisotopic (exact) mass is 142 g/mol. The number of allylic oxidation sites excluding steroid dienone is 1. The van der Waals surface area contributed by atoms with E-state index < -0.39 is 0 Å².